The number of nitrogens with two attached hydrogens (primary N) is 1. The van der Waals surface area contributed by atoms with Gasteiger partial charge in [0.1, 0.15) is 17.9 Å². The lowest BCUT2D eigenvalue weighted by molar-refractivity contribution is -0.141. The largest absolute Gasteiger partial charge is 0.462 e. The van der Waals surface area contributed by atoms with Crippen molar-refractivity contribution < 1.29 is 37.0 Å². The molecule has 29 heavy (non-hydrogen) atoms. The van der Waals surface area contributed by atoms with E-state index >= 15 is 0 Å². The zero-order valence-electron chi connectivity index (χ0n) is 15.1. The van der Waals surface area contributed by atoms with Gasteiger partial charge in [0.15, 0.2) is 5.76 Å². The number of ether oxygens (including phenoxy) is 2. The van der Waals surface area contributed by atoms with Gasteiger partial charge in [-0.1, -0.05) is 18.2 Å². The first kappa shape index (κ1) is 20.5. The van der Waals surface area contributed by atoms with Gasteiger partial charge in [-0.2, -0.15) is 13.2 Å². The summed E-state index contributed by atoms with van der Waals surface area (Å²) in [6, 6.07) is 5.42. The molecule has 2 heterocycles. The molecule has 0 spiro atoms. The van der Waals surface area contributed by atoms with Crippen molar-refractivity contribution in [3.63, 3.8) is 0 Å². The minimum Gasteiger partial charge on any atom is -0.462 e. The Labute approximate surface area is 162 Å². The Hall–Kier alpha value is -3.27. The third-order valence-corrected chi connectivity index (χ3v) is 4.24. The average Bonchev–Trinajstić information content (AvgIpc) is 2.67. The highest BCUT2D eigenvalue weighted by Crippen LogP contribution is 2.45. The zero-order chi connectivity index (χ0) is 21.3. The molecule has 0 saturated heterocycles. The molecule has 0 aliphatic carbocycles. The maximum Gasteiger partial charge on any atom is 0.416 e. The summed E-state index contributed by atoms with van der Waals surface area (Å²) in [7, 11) is 0. The van der Waals surface area contributed by atoms with E-state index in [-0.39, 0.29) is 23.7 Å². The van der Waals surface area contributed by atoms with Crippen LogP contribution in [-0.2, 0) is 22.3 Å². The first-order valence-corrected chi connectivity index (χ1v) is 8.47. The smallest absolute Gasteiger partial charge is 0.416 e. The molecule has 0 amide bonds. The number of aliphatic hydroxyl groups excluding tert-OH is 1. The molecule has 0 radical (unpaired) electrons. The maximum atomic E-state index is 13.7. The van der Waals surface area contributed by atoms with Gasteiger partial charge < -0.3 is 24.7 Å². The van der Waals surface area contributed by atoms with Crippen molar-refractivity contribution in [2.24, 2.45) is 5.73 Å². The summed E-state index contributed by atoms with van der Waals surface area (Å²) in [6.07, 6.45) is -4.77. The van der Waals surface area contributed by atoms with Crippen molar-refractivity contribution in [3.8, 4) is 5.75 Å². The molecule has 1 aromatic heterocycles. The average molecular weight is 411 g/mol. The first-order valence-electron chi connectivity index (χ1n) is 8.47. The predicted octanol–water partition coefficient (Wildman–Crippen LogP) is 2.41. The van der Waals surface area contributed by atoms with Crippen LogP contribution in [0.5, 0.6) is 5.75 Å². The maximum absolute atomic E-state index is 13.7. The monoisotopic (exact) mass is 411 g/mol. The Morgan fingerprint density at radius 3 is 2.62 bits per heavy atom. The number of esters is 1. The molecule has 7 nitrogen and oxygen atoms in total. The van der Waals surface area contributed by atoms with Crippen LogP contribution in [0.3, 0.4) is 0 Å². The van der Waals surface area contributed by atoms with E-state index in [1.165, 1.54) is 19.1 Å². The van der Waals surface area contributed by atoms with Gasteiger partial charge in [0.2, 0.25) is 17.1 Å². The summed E-state index contributed by atoms with van der Waals surface area (Å²) in [5, 5.41) is 9.33. The number of carbonyl (C=O) groups excluding carboxylic acids is 1. The van der Waals surface area contributed by atoms with Gasteiger partial charge in [-0.25, -0.2) is 4.79 Å². The van der Waals surface area contributed by atoms with Gasteiger partial charge in [-0.3, -0.25) is 4.79 Å². The van der Waals surface area contributed by atoms with Gasteiger partial charge in [0.25, 0.3) is 0 Å². The molecule has 0 fully saturated rings. The van der Waals surface area contributed by atoms with E-state index in [4.69, 9.17) is 19.6 Å². The fraction of sp³-hybridized carbons (Fsp3) is 0.263. The summed E-state index contributed by atoms with van der Waals surface area (Å²) in [5.74, 6) is -4.17. The minimum absolute atomic E-state index is 0.0727. The second kappa shape index (κ2) is 7.63. The van der Waals surface area contributed by atoms with Crippen LogP contribution in [0, 0.1) is 0 Å². The highest BCUT2D eigenvalue weighted by Gasteiger charge is 2.43. The molecule has 154 valence electrons. The molecule has 1 aliphatic heterocycles. The highest BCUT2D eigenvalue weighted by atomic mass is 19.4. The minimum atomic E-state index is -4.77. The summed E-state index contributed by atoms with van der Waals surface area (Å²) in [6.45, 7) is 0.746. The Balaban J connectivity index is 2.36. The quantitative estimate of drug-likeness (QED) is 0.743. The van der Waals surface area contributed by atoms with E-state index in [2.05, 4.69) is 0 Å². The number of benzene rings is 1. The fourth-order valence-electron chi connectivity index (χ4n) is 3.09. The molecule has 3 N–H and O–H groups in total. The van der Waals surface area contributed by atoms with E-state index in [1.54, 1.807) is 0 Å². The van der Waals surface area contributed by atoms with Gasteiger partial charge in [-0.15, -0.1) is 0 Å². The molecule has 1 aromatic carbocycles. The van der Waals surface area contributed by atoms with Crippen molar-refractivity contribution in [2.45, 2.75) is 25.6 Å². The van der Waals surface area contributed by atoms with Gasteiger partial charge in [0, 0.05) is 6.07 Å². The van der Waals surface area contributed by atoms with Gasteiger partial charge >= 0.3 is 12.1 Å². The normalized spacial score (nSPS) is 16.2. The van der Waals surface area contributed by atoms with Crippen LogP contribution in [0.1, 0.15) is 35.5 Å². The van der Waals surface area contributed by atoms with Crippen LogP contribution in [0.2, 0.25) is 0 Å². The van der Waals surface area contributed by atoms with Crippen molar-refractivity contribution in [3.05, 3.63) is 74.7 Å². The molecule has 10 heteroatoms. The molecule has 1 atom stereocenters. The van der Waals surface area contributed by atoms with E-state index in [0.717, 1.165) is 18.2 Å². The molecule has 1 unspecified atom stereocenters. The number of aliphatic hydroxyl groups is 1. The lowest BCUT2D eigenvalue weighted by Crippen LogP contribution is -2.31. The molecule has 2 aromatic rings. The predicted molar refractivity (Wildman–Crippen MR) is 92.7 cm³/mol. The lowest BCUT2D eigenvalue weighted by Gasteiger charge is -2.28. The van der Waals surface area contributed by atoms with Crippen LogP contribution < -0.4 is 15.9 Å². The zero-order valence-corrected chi connectivity index (χ0v) is 15.1. The van der Waals surface area contributed by atoms with E-state index in [0.29, 0.717) is 0 Å². The fourth-order valence-corrected chi connectivity index (χ4v) is 3.09. The first-order chi connectivity index (χ1) is 13.7. The number of alkyl halides is 3. The van der Waals surface area contributed by atoms with Gasteiger partial charge in [-0.05, 0) is 18.6 Å². The van der Waals surface area contributed by atoms with Crippen LogP contribution in [0.15, 0.2) is 51.0 Å². The molecular weight excluding hydrogens is 395 g/mol. The Morgan fingerprint density at radius 2 is 2.00 bits per heavy atom. The van der Waals surface area contributed by atoms with Crippen molar-refractivity contribution in [1.82, 2.24) is 0 Å². The summed E-state index contributed by atoms with van der Waals surface area (Å²) < 4.78 is 56.5. The van der Waals surface area contributed by atoms with Crippen LogP contribution in [-0.4, -0.2) is 17.7 Å². The number of halogens is 3. The number of rotatable bonds is 4. The van der Waals surface area contributed by atoms with E-state index in [9.17, 15) is 27.9 Å². The van der Waals surface area contributed by atoms with E-state index in [1.807, 2.05) is 0 Å². The molecular formula is C19H16F3NO6. The molecule has 1 aliphatic rings. The van der Waals surface area contributed by atoms with Crippen molar-refractivity contribution in [1.29, 1.82) is 0 Å². The molecule has 0 saturated carbocycles. The number of hydrogen-bond acceptors (Lipinski definition) is 7. The van der Waals surface area contributed by atoms with Crippen LogP contribution in [0.4, 0.5) is 13.2 Å². The van der Waals surface area contributed by atoms with E-state index < -0.39 is 52.9 Å². The summed E-state index contributed by atoms with van der Waals surface area (Å²) in [5.41, 5.74) is 3.16. The van der Waals surface area contributed by atoms with Crippen molar-refractivity contribution >= 4 is 5.97 Å². The third kappa shape index (κ3) is 3.70. The Bertz CT molecular complexity index is 1040. The van der Waals surface area contributed by atoms with Gasteiger partial charge in [0.05, 0.1) is 18.1 Å². The second-order valence-electron chi connectivity index (χ2n) is 6.05. The Morgan fingerprint density at radius 1 is 1.31 bits per heavy atom. The standard InChI is InChI=1S/C19H16F3NO6/c1-2-27-18(26)14-13(10-5-3-4-6-11(10)19(20,21)22)16-15(29-17(14)23)12(25)7-9(8-24)28-16/h3-7,13,24H,2,8,23H2,1H3. The van der Waals surface area contributed by atoms with Crippen LogP contribution in [0.25, 0.3) is 0 Å². The van der Waals surface area contributed by atoms with Crippen molar-refractivity contribution in [2.75, 3.05) is 6.61 Å². The Kier molecular flexibility index (Phi) is 5.38. The molecule has 0 bridgehead atoms. The SMILES string of the molecule is CCOC(=O)C1=C(N)Oc2c(oc(CO)cc2=O)C1c1ccccc1C(F)(F)F. The number of hydrogen-bond donors (Lipinski definition) is 2. The summed E-state index contributed by atoms with van der Waals surface area (Å²) >= 11 is 0. The summed E-state index contributed by atoms with van der Waals surface area (Å²) in [4.78, 5) is 24.8. The number of carbonyl (C=O) groups is 1. The topological polar surface area (TPSA) is 112 Å². The highest BCUT2D eigenvalue weighted by molar-refractivity contribution is 5.92. The number of fused-ring (bicyclic) bond motifs is 1. The third-order valence-electron chi connectivity index (χ3n) is 4.24. The lowest BCUT2D eigenvalue weighted by atomic mass is 9.84. The van der Waals surface area contributed by atoms with Crippen LogP contribution >= 0.6 is 0 Å². The second-order valence-corrected chi connectivity index (χ2v) is 6.05. The molecule has 3 rings (SSSR count).